The molecule has 0 fully saturated rings. The van der Waals surface area contributed by atoms with Gasteiger partial charge in [-0.05, 0) is 42.7 Å². The first-order valence-corrected chi connectivity index (χ1v) is 11.0. The van der Waals surface area contributed by atoms with E-state index in [2.05, 4.69) is 0 Å². The van der Waals surface area contributed by atoms with E-state index in [-0.39, 0.29) is 11.8 Å². The molecule has 156 valence electrons. The van der Waals surface area contributed by atoms with Crippen LogP contribution in [0.4, 0.5) is 5.69 Å². The maximum atomic E-state index is 13.6. The lowest BCUT2D eigenvalue weighted by Gasteiger charge is -2.18. The summed E-state index contributed by atoms with van der Waals surface area (Å²) in [7, 11) is 1.54. The van der Waals surface area contributed by atoms with Crippen molar-refractivity contribution in [2.75, 3.05) is 12.0 Å². The van der Waals surface area contributed by atoms with Crippen LogP contribution in [0.3, 0.4) is 0 Å². The molecule has 0 atom stereocenters. The number of ether oxygens (including phenoxy) is 1. The lowest BCUT2D eigenvalue weighted by atomic mass is 9.98. The van der Waals surface area contributed by atoms with Crippen LogP contribution >= 0.6 is 11.8 Å². The lowest BCUT2D eigenvalue weighted by molar-refractivity contribution is -0.119. The third-order valence-corrected chi connectivity index (χ3v) is 6.39. The lowest BCUT2D eigenvalue weighted by Crippen LogP contribution is -2.31. The summed E-state index contributed by atoms with van der Waals surface area (Å²) in [6.45, 7) is 3.98. The Labute approximate surface area is 186 Å². The molecule has 5 heteroatoms. The Morgan fingerprint density at radius 3 is 2.29 bits per heavy atom. The number of aryl methyl sites for hydroxylation is 2. The van der Waals surface area contributed by atoms with Crippen LogP contribution in [0.25, 0.3) is 5.57 Å². The van der Waals surface area contributed by atoms with Gasteiger partial charge in [0.05, 0.1) is 23.3 Å². The second-order valence-corrected chi connectivity index (χ2v) is 8.40. The van der Waals surface area contributed by atoms with Crippen LogP contribution in [0.1, 0.15) is 22.3 Å². The SMILES string of the molecule is COc1ccccc1N1C(=O)C(SCc2ccccc2)=C(c2ccc(C)cc2C)C1=O. The van der Waals surface area contributed by atoms with Crippen molar-refractivity contribution in [2.45, 2.75) is 19.6 Å². The molecule has 0 radical (unpaired) electrons. The Bertz CT molecular complexity index is 1180. The molecule has 0 saturated heterocycles. The Balaban J connectivity index is 1.81. The van der Waals surface area contributed by atoms with Crippen molar-refractivity contribution in [2.24, 2.45) is 0 Å². The van der Waals surface area contributed by atoms with Crippen molar-refractivity contribution in [1.29, 1.82) is 0 Å². The quantitative estimate of drug-likeness (QED) is 0.484. The first kappa shape index (κ1) is 20.9. The van der Waals surface area contributed by atoms with E-state index >= 15 is 0 Å². The minimum atomic E-state index is -0.322. The minimum absolute atomic E-state index is 0.314. The highest BCUT2D eigenvalue weighted by Gasteiger charge is 2.41. The van der Waals surface area contributed by atoms with Gasteiger partial charge in [0, 0.05) is 5.75 Å². The zero-order valence-electron chi connectivity index (χ0n) is 17.7. The molecule has 0 unspecified atom stereocenters. The van der Waals surface area contributed by atoms with E-state index in [1.165, 1.54) is 23.8 Å². The van der Waals surface area contributed by atoms with Crippen molar-refractivity contribution in [3.63, 3.8) is 0 Å². The number of thioether (sulfide) groups is 1. The zero-order chi connectivity index (χ0) is 22.0. The van der Waals surface area contributed by atoms with Crippen molar-refractivity contribution in [1.82, 2.24) is 0 Å². The molecule has 0 spiro atoms. The fraction of sp³-hybridized carbons (Fsp3) is 0.154. The Morgan fingerprint density at radius 2 is 1.58 bits per heavy atom. The first-order chi connectivity index (χ1) is 15.0. The summed E-state index contributed by atoms with van der Waals surface area (Å²) in [5, 5.41) is 0. The van der Waals surface area contributed by atoms with Crippen molar-refractivity contribution >= 4 is 34.8 Å². The molecular formula is C26H23NO3S. The molecule has 2 amide bonds. The van der Waals surface area contributed by atoms with Gasteiger partial charge < -0.3 is 4.74 Å². The molecule has 31 heavy (non-hydrogen) atoms. The van der Waals surface area contributed by atoms with Crippen molar-refractivity contribution in [3.05, 3.63) is 100.0 Å². The zero-order valence-corrected chi connectivity index (χ0v) is 18.5. The van der Waals surface area contributed by atoms with Crippen LogP contribution < -0.4 is 9.64 Å². The van der Waals surface area contributed by atoms with Crippen LogP contribution in [0.2, 0.25) is 0 Å². The molecule has 0 bridgehead atoms. The topological polar surface area (TPSA) is 46.6 Å². The van der Waals surface area contributed by atoms with Gasteiger partial charge in [-0.15, -0.1) is 11.8 Å². The van der Waals surface area contributed by atoms with E-state index in [1.807, 2.05) is 68.4 Å². The number of methoxy groups -OCH3 is 1. The van der Waals surface area contributed by atoms with Crippen LogP contribution in [0.15, 0.2) is 77.7 Å². The van der Waals surface area contributed by atoms with Gasteiger partial charge in [0.2, 0.25) is 0 Å². The molecule has 3 aromatic carbocycles. The van der Waals surface area contributed by atoms with Gasteiger partial charge in [-0.25, -0.2) is 4.90 Å². The number of nitrogens with zero attached hydrogens (tertiary/aromatic N) is 1. The number of carbonyl (C=O) groups excluding carboxylic acids is 2. The van der Waals surface area contributed by atoms with E-state index in [0.29, 0.717) is 27.7 Å². The largest absolute Gasteiger partial charge is 0.495 e. The molecular weight excluding hydrogens is 406 g/mol. The maximum Gasteiger partial charge on any atom is 0.272 e. The van der Waals surface area contributed by atoms with E-state index in [4.69, 9.17) is 4.74 Å². The molecule has 4 rings (SSSR count). The fourth-order valence-electron chi connectivity index (χ4n) is 3.74. The third kappa shape index (κ3) is 4.01. The second kappa shape index (κ2) is 8.82. The van der Waals surface area contributed by atoms with Gasteiger partial charge in [0.25, 0.3) is 11.8 Å². The molecule has 1 aliphatic heterocycles. The van der Waals surface area contributed by atoms with Crippen molar-refractivity contribution < 1.29 is 14.3 Å². The Kier molecular flexibility index (Phi) is 5.96. The smallest absolute Gasteiger partial charge is 0.272 e. The van der Waals surface area contributed by atoms with E-state index in [9.17, 15) is 9.59 Å². The number of para-hydroxylation sites is 2. The van der Waals surface area contributed by atoms with E-state index in [1.54, 1.807) is 18.2 Å². The van der Waals surface area contributed by atoms with Gasteiger partial charge >= 0.3 is 0 Å². The standard InChI is InChI=1S/C26H23NO3S/c1-17-13-14-20(18(2)15-17)23-24(31-16-19-9-5-4-6-10-19)26(29)27(25(23)28)21-11-7-8-12-22(21)30-3/h4-15H,16H2,1-3H3. The van der Waals surface area contributed by atoms with E-state index < -0.39 is 0 Å². The maximum absolute atomic E-state index is 13.6. The van der Waals surface area contributed by atoms with Crippen LogP contribution in [-0.2, 0) is 15.3 Å². The summed E-state index contributed by atoms with van der Waals surface area (Å²) in [6, 6.07) is 23.0. The normalized spacial score (nSPS) is 13.8. The Hall–Kier alpha value is -3.31. The average molecular weight is 430 g/mol. The highest BCUT2D eigenvalue weighted by molar-refractivity contribution is 8.03. The Morgan fingerprint density at radius 1 is 0.871 bits per heavy atom. The monoisotopic (exact) mass is 429 g/mol. The summed E-state index contributed by atoms with van der Waals surface area (Å²) in [5.41, 5.74) is 4.87. The number of hydrogen-bond donors (Lipinski definition) is 0. The number of amides is 2. The molecule has 1 heterocycles. The molecule has 1 aliphatic rings. The van der Waals surface area contributed by atoms with Gasteiger partial charge in [-0.1, -0.05) is 66.2 Å². The van der Waals surface area contributed by atoms with Gasteiger partial charge in [0.1, 0.15) is 5.75 Å². The molecule has 4 nitrogen and oxygen atoms in total. The molecule has 3 aromatic rings. The summed E-state index contributed by atoms with van der Waals surface area (Å²) < 4.78 is 5.43. The number of carbonyl (C=O) groups is 2. The predicted molar refractivity (Wildman–Crippen MR) is 126 cm³/mol. The average Bonchev–Trinajstić information content (AvgIpc) is 3.02. The van der Waals surface area contributed by atoms with E-state index in [0.717, 1.165) is 22.3 Å². The summed E-state index contributed by atoms with van der Waals surface area (Å²) in [5.74, 6) is 0.449. The number of hydrogen-bond acceptors (Lipinski definition) is 4. The van der Waals surface area contributed by atoms with Crippen LogP contribution in [0, 0.1) is 13.8 Å². The number of imide groups is 1. The summed E-state index contributed by atoms with van der Waals surface area (Å²) in [6.07, 6.45) is 0. The van der Waals surface area contributed by atoms with Gasteiger partial charge in [0.15, 0.2) is 0 Å². The summed E-state index contributed by atoms with van der Waals surface area (Å²) in [4.78, 5) is 28.9. The predicted octanol–water partition coefficient (Wildman–Crippen LogP) is 5.53. The van der Waals surface area contributed by atoms with Crippen LogP contribution in [0.5, 0.6) is 5.75 Å². The second-order valence-electron chi connectivity index (χ2n) is 7.41. The summed E-state index contributed by atoms with van der Waals surface area (Å²) >= 11 is 1.40. The highest BCUT2D eigenvalue weighted by Crippen LogP contribution is 2.42. The van der Waals surface area contributed by atoms with Gasteiger partial charge in [-0.3, -0.25) is 9.59 Å². The molecule has 0 aromatic heterocycles. The fourth-order valence-corrected chi connectivity index (χ4v) is 4.80. The van der Waals surface area contributed by atoms with Crippen LogP contribution in [-0.4, -0.2) is 18.9 Å². The minimum Gasteiger partial charge on any atom is -0.495 e. The first-order valence-electron chi connectivity index (χ1n) is 10.0. The van der Waals surface area contributed by atoms with Crippen molar-refractivity contribution in [3.8, 4) is 5.75 Å². The molecule has 0 N–H and O–H groups in total. The molecule has 0 aliphatic carbocycles. The van der Waals surface area contributed by atoms with Gasteiger partial charge in [-0.2, -0.15) is 0 Å². The molecule has 0 saturated carbocycles. The highest BCUT2D eigenvalue weighted by atomic mass is 32.2. The number of rotatable bonds is 6. The third-order valence-electron chi connectivity index (χ3n) is 5.24. The number of benzene rings is 3. The number of anilines is 1.